The fourth-order valence-electron chi connectivity index (χ4n) is 1.27. The van der Waals surface area contributed by atoms with Gasteiger partial charge in [0.2, 0.25) is 0 Å². The zero-order valence-corrected chi connectivity index (χ0v) is 7.54. The van der Waals surface area contributed by atoms with Crippen LogP contribution in [0.2, 0.25) is 0 Å². The van der Waals surface area contributed by atoms with Crippen LogP contribution in [0.15, 0.2) is 24.3 Å². The van der Waals surface area contributed by atoms with Crippen LogP contribution in [0.4, 0.5) is 4.39 Å². The molecule has 0 heterocycles. The highest BCUT2D eigenvalue weighted by Gasteiger charge is 2.09. The van der Waals surface area contributed by atoms with E-state index in [0.29, 0.717) is 12.1 Å². The Labute approximate surface area is 77.7 Å². The number of hydrogen-bond donors (Lipinski definition) is 2. The summed E-state index contributed by atoms with van der Waals surface area (Å²) in [6.45, 7) is 0.599. The van der Waals surface area contributed by atoms with Gasteiger partial charge in [0, 0.05) is 11.6 Å². The average Bonchev–Trinajstić information content (AvgIpc) is 2.15. The molecule has 4 N–H and O–H groups in total. The Balaban J connectivity index is 2.65. The molecule has 0 aliphatic carbocycles. The van der Waals surface area contributed by atoms with Crippen LogP contribution in [0, 0.1) is 5.82 Å². The molecule has 1 aromatic carbocycles. The molecule has 0 aromatic heterocycles. The van der Waals surface area contributed by atoms with Crippen LogP contribution < -0.4 is 11.5 Å². The van der Waals surface area contributed by atoms with Gasteiger partial charge in [-0.05, 0) is 25.5 Å². The largest absolute Gasteiger partial charge is 0.330 e. The first-order valence-corrected chi connectivity index (χ1v) is 4.45. The van der Waals surface area contributed by atoms with Gasteiger partial charge in [-0.25, -0.2) is 4.39 Å². The summed E-state index contributed by atoms with van der Waals surface area (Å²) in [6, 6.07) is 6.37. The lowest BCUT2D eigenvalue weighted by atomic mass is 10.0. The van der Waals surface area contributed by atoms with Crippen molar-refractivity contribution in [3.05, 3.63) is 35.6 Å². The molecule has 0 aliphatic heterocycles. The summed E-state index contributed by atoms with van der Waals surface area (Å²) in [5.74, 6) is -0.230. The van der Waals surface area contributed by atoms with E-state index in [-0.39, 0.29) is 11.9 Å². The molecular formula is C10H15FN2. The highest BCUT2D eigenvalue weighted by atomic mass is 19.1. The predicted octanol–water partition coefficient (Wildman–Crippen LogP) is 1.56. The fraction of sp³-hybridized carbons (Fsp3) is 0.400. The molecule has 0 aliphatic rings. The van der Waals surface area contributed by atoms with Gasteiger partial charge in [0.15, 0.2) is 0 Å². The molecule has 72 valence electrons. The van der Waals surface area contributed by atoms with Gasteiger partial charge in [0.25, 0.3) is 0 Å². The van der Waals surface area contributed by atoms with Crippen LogP contribution in [0.25, 0.3) is 0 Å². The van der Waals surface area contributed by atoms with Crippen LogP contribution in [0.5, 0.6) is 0 Å². The molecule has 3 heteroatoms. The monoisotopic (exact) mass is 182 g/mol. The van der Waals surface area contributed by atoms with Crippen molar-refractivity contribution in [1.29, 1.82) is 0 Å². The smallest absolute Gasteiger partial charge is 0.127 e. The Morgan fingerprint density at radius 3 is 2.62 bits per heavy atom. The number of nitrogens with two attached hydrogens (primary N) is 2. The van der Waals surface area contributed by atoms with Gasteiger partial charge in [-0.15, -0.1) is 0 Å². The van der Waals surface area contributed by atoms with Crippen molar-refractivity contribution in [3.8, 4) is 0 Å². The molecule has 0 radical (unpaired) electrons. The predicted molar refractivity (Wildman–Crippen MR) is 51.6 cm³/mol. The minimum absolute atomic E-state index is 0.230. The first-order chi connectivity index (χ1) is 6.25. The third-order valence-corrected chi connectivity index (χ3v) is 2.02. The molecule has 0 fully saturated rings. The highest BCUT2D eigenvalue weighted by molar-refractivity contribution is 5.20. The Kier molecular flexibility index (Phi) is 3.86. The summed E-state index contributed by atoms with van der Waals surface area (Å²) in [4.78, 5) is 0. The summed E-state index contributed by atoms with van der Waals surface area (Å²) in [6.07, 6.45) is 1.56. The second kappa shape index (κ2) is 4.94. The SMILES string of the molecule is NCCC[C@H](N)c1ccccc1F. The van der Waals surface area contributed by atoms with E-state index >= 15 is 0 Å². The standard InChI is InChI=1S/C10H15FN2/c11-9-5-2-1-4-8(9)10(13)6-3-7-12/h1-2,4-5,10H,3,6-7,12-13H2/t10-/m0/s1. The number of halogens is 1. The summed E-state index contributed by atoms with van der Waals surface area (Å²) in [5, 5.41) is 0. The summed E-state index contributed by atoms with van der Waals surface area (Å²) in [7, 11) is 0. The normalized spacial score (nSPS) is 12.8. The van der Waals surface area contributed by atoms with Gasteiger partial charge >= 0.3 is 0 Å². The van der Waals surface area contributed by atoms with E-state index in [4.69, 9.17) is 11.5 Å². The average molecular weight is 182 g/mol. The van der Waals surface area contributed by atoms with Crippen LogP contribution in [0.1, 0.15) is 24.4 Å². The molecule has 0 saturated heterocycles. The second-order valence-electron chi connectivity index (χ2n) is 3.06. The topological polar surface area (TPSA) is 52.0 Å². The van der Waals surface area contributed by atoms with Crippen LogP contribution >= 0.6 is 0 Å². The molecule has 1 atom stereocenters. The maximum atomic E-state index is 13.2. The van der Waals surface area contributed by atoms with Crippen molar-refractivity contribution >= 4 is 0 Å². The molecule has 0 spiro atoms. The molecular weight excluding hydrogens is 167 g/mol. The zero-order chi connectivity index (χ0) is 9.68. The summed E-state index contributed by atoms with van der Waals surface area (Å²) >= 11 is 0. The van der Waals surface area contributed by atoms with Crippen molar-refractivity contribution in [2.24, 2.45) is 11.5 Å². The highest BCUT2D eigenvalue weighted by Crippen LogP contribution is 2.18. The first-order valence-electron chi connectivity index (χ1n) is 4.45. The molecule has 0 saturated carbocycles. The Morgan fingerprint density at radius 2 is 2.00 bits per heavy atom. The lowest BCUT2D eigenvalue weighted by Gasteiger charge is -2.11. The lowest BCUT2D eigenvalue weighted by molar-refractivity contribution is 0.553. The van der Waals surface area contributed by atoms with Crippen LogP contribution in [-0.4, -0.2) is 6.54 Å². The van der Waals surface area contributed by atoms with Crippen molar-refractivity contribution in [3.63, 3.8) is 0 Å². The van der Waals surface area contributed by atoms with E-state index in [1.165, 1.54) is 6.07 Å². The van der Waals surface area contributed by atoms with Gasteiger partial charge in [-0.1, -0.05) is 18.2 Å². The van der Waals surface area contributed by atoms with Crippen molar-refractivity contribution in [2.45, 2.75) is 18.9 Å². The van der Waals surface area contributed by atoms with Crippen molar-refractivity contribution < 1.29 is 4.39 Å². The minimum Gasteiger partial charge on any atom is -0.330 e. The van der Waals surface area contributed by atoms with Crippen LogP contribution in [0.3, 0.4) is 0 Å². The van der Waals surface area contributed by atoms with Crippen LogP contribution in [-0.2, 0) is 0 Å². The molecule has 0 bridgehead atoms. The van der Waals surface area contributed by atoms with Gasteiger partial charge in [0.1, 0.15) is 5.82 Å². The minimum atomic E-state index is -0.232. The van der Waals surface area contributed by atoms with E-state index in [1.807, 2.05) is 0 Å². The number of rotatable bonds is 4. The van der Waals surface area contributed by atoms with Gasteiger partial charge in [-0.2, -0.15) is 0 Å². The van der Waals surface area contributed by atoms with E-state index < -0.39 is 0 Å². The third kappa shape index (κ3) is 2.79. The molecule has 0 amide bonds. The Morgan fingerprint density at radius 1 is 1.31 bits per heavy atom. The maximum absolute atomic E-state index is 13.2. The number of benzene rings is 1. The van der Waals surface area contributed by atoms with E-state index in [9.17, 15) is 4.39 Å². The lowest BCUT2D eigenvalue weighted by Crippen LogP contribution is -2.13. The first kappa shape index (κ1) is 10.2. The van der Waals surface area contributed by atoms with E-state index in [2.05, 4.69) is 0 Å². The van der Waals surface area contributed by atoms with Crippen molar-refractivity contribution in [2.75, 3.05) is 6.54 Å². The Bertz CT molecular complexity index is 263. The molecule has 0 unspecified atom stereocenters. The van der Waals surface area contributed by atoms with Gasteiger partial charge < -0.3 is 11.5 Å². The zero-order valence-electron chi connectivity index (χ0n) is 7.54. The summed E-state index contributed by atoms with van der Waals surface area (Å²) < 4.78 is 13.2. The van der Waals surface area contributed by atoms with Gasteiger partial charge in [0.05, 0.1) is 0 Å². The summed E-state index contributed by atoms with van der Waals surface area (Å²) in [5.41, 5.74) is 11.7. The molecule has 1 aromatic rings. The fourth-order valence-corrected chi connectivity index (χ4v) is 1.27. The van der Waals surface area contributed by atoms with Gasteiger partial charge in [-0.3, -0.25) is 0 Å². The molecule has 1 rings (SSSR count). The quantitative estimate of drug-likeness (QED) is 0.742. The van der Waals surface area contributed by atoms with Crippen molar-refractivity contribution in [1.82, 2.24) is 0 Å². The van der Waals surface area contributed by atoms with E-state index in [0.717, 1.165) is 12.8 Å². The second-order valence-corrected chi connectivity index (χ2v) is 3.06. The Hall–Kier alpha value is -0.930. The van der Waals surface area contributed by atoms with E-state index in [1.54, 1.807) is 18.2 Å². The maximum Gasteiger partial charge on any atom is 0.127 e. The molecule has 13 heavy (non-hydrogen) atoms. The molecule has 2 nitrogen and oxygen atoms in total. The number of hydrogen-bond acceptors (Lipinski definition) is 2. The third-order valence-electron chi connectivity index (χ3n) is 2.02.